The van der Waals surface area contributed by atoms with Gasteiger partial charge in [0.25, 0.3) is 0 Å². The third kappa shape index (κ3) is 3.29. The summed E-state index contributed by atoms with van der Waals surface area (Å²) in [5, 5.41) is -0.0831. The molecule has 2 atom stereocenters. The van der Waals surface area contributed by atoms with Crippen LogP contribution in [0.4, 0.5) is 0 Å². The summed E-state index contributed by atoms with van der Waals surface area (Å²) in [6, 6.07) is 6.62. The van der Waals surface area contributed by atoms with Crippen molar-refractivity contribution in [1.29, 1.82) is 0 Å². The zero-order chi connectivity index (χ0) is 14.0. The zero-order valence-electron chi connectivity index (χ0n) is 11.4. The van der Waals surface area contributed by atoms with Crippen LogP contribution >= 0.6 is 39.3 Å². The summed E-state index contributed by atoms with van der Waals surface area (Å²) >= 11 is 11.7. The van der Waals surface area contributed by atoms with E-state index in [0.29, 0.717) is 6.04 Å². The molecule has 0 aliphatic heterocycles. The van der Waals surface area contributed by atoms with Crippen molar-refractivity contribution in [3.63, 3.8) is 0 Å². The first-order valence-corrected chi connectivity index (χ1v) is 8.82. The SMILES string of the molecule is CCSCC(C)n1c(C(C)Cl)nc2cc(Br)ccc21. The van der Waals surface area contributed by atoms with E-state index in [4.69, 9.17) is 16.6 Å². The van der Waals surface area contributed by atoms with Crippen molar-refractivity contribution in [2.45, 2.75) is 32.2 Å². The van der Waals surface area contributed by atoms with E-state index in [0.717, 1.165) is 32.8 Å². The molecule has 1 heterocycles. The van der Waals surface area contributed by atoms with Crippen LogP contribution in [-0.2, 0) is 0 Å². The molecule has 0 fully saturated rings. The number of alkyl halides is 1. The van der Waals surface area contributed by atoms with Crippen molar-refractivity contribution < 1.29 is 0 Å². The minimum atomic E-state index is -0.0831. The second kappa shape index (κ2) is 6.51. The van der Waals surface area contributed by atoms with Gasteiger partial charge in [-0.3, -0.25) is 0 Å². The van der Waals surface area contributed by atoms with Crippen molar-refractivity contribution >= 4 is 50.3 Å². The predicted molar refractivity (Wildman–Crippen MR) is 89.4 cm³/mol. The highest BCUT2D eigenvalue weighted by molar-refractivity contribution is 9.10. The molecule has 0 N–H and O–H groups in total. The zero-order valence-corrected chi connectivity index (χ0v) is 14.5. The Labute approximate surface area is 132 Å². The van der Waals surface area contributed by atoms with Gasteiger partial charge in [-0.1, -0.05) is 22.9 Å². The molecule has 104 valence electrons. The molecule has 1 aromatic carbocycles. The first-order valence-electron chi connectivity index (χ1n) is 6.43. The molecule has 0 aliphatic rings. The highest BCUT2D eigenvalue weighted by atomic mass is 79.9. The van der Waals surface area contributed by atoms with Crippen LogP contribution in [0.1, 0.15) is 38.0 Å². The smallest absolute Gasteiger partial charge is 0.127 e. The van der Waals surface area contributed by atoms with Gasteiger partial charge in [-0.2, -0.15) is 11.8 Å². The van der Waals surface area contributed by atoms with Crippen molar-refractivity contribution in [3.8, 4) is 0 Å². The molecule has 2 nitrogen and oxygen atoms in total. The van der Waals surface area contributed by atoms with E-state index in [-0.39, 0.29) is 5.38 Å². The fourth-order valence-corrected chi connectivity index (χ4v) is 3.43. The van der Waals surface area contributed by atoms with Gasteiger partial charge in [-0.05, 0) is 37.8 Å². The van der Waals surface area contributed by atoms with Crippen molar-refractivity contribution in [2.24, 2.45) is 0 Å². The normalized spacial score (nSPS) is 14.8. The van der Waals surface area contributed by atoms with E-state index in [1.165, 1.54) is 0 Å². The Balaban J connectivity index is 2.51. The van der Waals surface area contributed by atoms with E-state index in [1.54, 1.807) is 0 Å². The predicted octanol–water partition coefficient (Wildman–Crippen LogP) is 5.41. The molecule has 2 rings (SSSR count). The van der Waals surface area contributed by atoms with E-state index in [1.807, 2.05) is 24.8 Å². The lowest BCUT2D eigenvalue weighted by Gasteiger charge is -2.18. The molecule has 19 heavy (non-hydrogen) atoms. The van der Waals surface area contributed by atoms with Gasteiger partial charge < -0.3 is 4.57 Å². The molecule has 2 unspecified atom stereocenters. The number of hydrogen-bond acceptors (Lipinski definition) is 2. The Morgan fingerprint density at radius 2 is 2.16 bits per heavy atom. The third-order valence-corrected chi connectivity index (χ3v) is 4.85. The minimum absolute atomic E-state index is 0.0831. The number of thioether (sulfide) groups is 1. The number of aromatic nitrogens is 2. The van der Waals surface area contributed by atoms with Crippen LogP contribution in [0.5, 0.6) is 0 Å². The maximum absolute atomic E-state index is 6.30. The van der Waals surface area contributed by atoms with Crippen molar-refractivity contribution in [1.82, 2.24) is 9.55 Å². The number of hydrogen-bond donors (Lipinski definition) is 0. The summed E-state index contributed by atoms with van der Waals surface area (Å²) in [5.41, 5.74) is 2.17. The van der Waals surface area contributed by atoms with Crippen LogP contribution in [0, 0.1) is 0 Å². The molecule has 0 spiro atoms. The molecule has 2 aromatic rings. The Bertz CT molecular complexity index is 568. The monoisotopic (exact) mass is 360 g/mol. The van der Waals surface area contributed by atoms with Crippen LogP contribution < -0.4 is 0 Å². The molecule has 0 amide bonds. The number of nitrogens with zero attached hydrogens (tertiary/aromatic N) is 2. The Hall–Kier alpha value is -0.190. The molecular formula is C14H18BrClN2S. The van der Waals surface area contributed by atoms with Gasteiger partial charge in [-0.25, -0.2) is 4.98 Å². The second-order valence-electron chi connectivity index (χ2n) is 4.60. The summed E-state index contributed by atoms with van der Waals surface area (Å²) in [6.45, 7) is 6.40. The lowest BCUT2D eigenvalue weighted by Crippen LogP contribution is -2.12. The molecule has 0 saturated heterocycles. The highest BCUT2D eigenvalue weighted by Crippen LogP contribution is 2.30. The van der Waals surface area contributed by atoms with Crippen LogP contribution in [0.15, 0.2) is 22.7 Å². The summed E-state index contributed by atoms with van der Waals surface area (Å²) in [7, 11) is 0. The molecule has 0 bridgehead atoms. The van der Waals surface area contributed by atoms with Crippen LogP contribution in [0.25, 0.3) is 11.0 Å². The van der Waals surface area contributed by atoms with E-state index >= 15 is 0 Å². The quantitative estimate of drug-likeness (QED) is 0.662. The maximum Gasteiger partial charge on any atom is 0.127 e. The Morgan fingerprint density at radius 1 is 1.42 bits per heavy atom. The van der Waals surface area contributed by atoms with Crippen molar-refractivity contribution in [3.05, 3.63) is 28.5 Å². The largest absolute Gasteiger partial charge is 0.323 e. The van der Waals surface area contributed by atoms with Gasteiger partial charge in [0.15, 0.2) is 0 Å². The van der Waals surface area contributed by atoms with E-state index < -0.39 is 0 Å². The fraction of sp³-hybridized carbons (Fsp3) is 0.500. The van der Waals surface area contributed by atoms with Crippen LogP contribution in [0.2, 0.25) is 0 Å². The van der Waals surface area contributed by atoms with Gasteiger partial charge in [0.05, 0.1) is 16.4 Å². The molecule has 1 aromatic heterocycles. The van der Waals surface area contributed by atoms with Gasteiger partial charge in [0.2, 0.25) is 0 Å². The first-order chi connectivity index (χ1) is 9.04. The van der Waals surface area contributed by atoms with Gasteiger partial charge in [-0.15, -0.1) is 11.6 Å². The number of halogens is 2. The molecule has 5 heteroatoms. The number of rotatable bonds is 5. The minimum Gasteiger partial charge on any atom is -0.323 e. The molecule has 0 radical (unpaired) electrons. The highest BCUT2D eigenvalue weighted by Gasteiger charge is 2.19. The average molecular weight is 362 g/mol. The molecule has 0 aliphatic carbocycles. The van der Waals surface area contributed by atoms with E-state index in [9.17, 15) is 0 Å². The van der Waals surface area contributed by atoms with Crippen molar-refractivity contribution in [2.75, 3.05) is 11.5 Å². The number of fused-ring (bicyclic) bond motifs is 1. The number of benzene rings is 1. The first kappa shape index (κ1) is 15.2. The average Bonchev–Trinajstić information content (AvgIpc) is 2.74. The fourth-order valence-electron chi connectivity index (χ4n) is 2.20. The standard InChI is InChI=1S/C14H18BrClN2S/c1-4-19-8-9(2)18-13-6-5-11(15)7-12(13)17-14(18)10(3)16/h5-7,9-10H,4,8H2,1-3H3. The lowest BCUT2D eigenvalue weighted by molar-refractivity contribution is 0.593. The van der Waals surface area contributed by atoms with Gasteiger partial charge in [0.1, 0.15) is 5.82 Å². The Morgan fingerprint density at radius 3 is 2.79 bits per heavy atom. The van der Waals surface area contributed by atoms with Crippen LogP contribution in [-0.4, -0.2) is 21.1 Å². The lowest BCUT2D eigenvalue weighted by atomic mass is 10.3. The van der Waals surface area contributed by atoms with Gasteiger partial charge in [0, 0.05) is 16.3 Å². The summed E-state index contributed by atoms with van der Waals surface area (Å²) in [6.07, 6.45) is 0. The van der Waals surface area contributed by atoms with Crippen LogP contribution in [0.3, 0.4) is 0 Å². The summed E-state index contributed by atoms with van der Waals surface area (Å²) in [5.74, 6) is 3.17. The van der Waals surface area contributed by atoms with Gasteiger partial charge >= 0.3 is 0 Å². The van der Waals surface area contributed by atoms with E-state index in [2.05, 4.69) is 46.5 Å². The maximum atomic E-state index is 6.30. The number of imidazole rings is 1. The summed E-state index contributed by atoms with van der Waals surface area (Å²) in [4.78, 5) is 4.69. The summed E-state index contributed by atoms with van der Waals surface area (Å²) < 4.78 is 3.33. The second-order valence-corrected chi connectivity index (χ2v) is 7.49. The molecular weight excluding hydrogens is 344 g/mol. The topological polar surface area (TPSA) is 17.8 Å². The Kier molecular flexibility index (Phi) is 5.21. The third-order valence-electron chi connectivity index (χ3n) is 3.04. The molecule has 0 saturated carbocycles.